The molecule has 4 heterocycles. The molecule has 1 aliphatic heterocycles. The molecule has 0 saturated carbocycles. The summed E-state index contributed by atoms with van der Waals surface area (Å²) in [7, 11) is 1.41. The Morgan fingerprint density at radius 1 is 1.19 bits per heavy atom. The molecule has 0 unspecified atom stereocenters. The first-order valence-corrected chi connectivity index (χ1v) is 10.2. The molecule has 0 bridgehead atoms. The summed E-state index contributed by atoms with van der Waals surface area (Å²) in [5, 5.41) is 4.87. The third kappa shape index (κ3) is 3.04. The number of aryl methyl sites for hydroxylation is 1. The molecule has 0 N–H and O–H groups in total. The van der Waals surface area contributed by atoms with Gasteiger partial charge in [-0.1, -0.05) is 0 Å². The number of hydrogen-bond acceptors (Lipinski definition) is 7. The van der Waals surface area contributed by atoms with Gasteiger partial charge in [0.25, 0.3) is 5.56 Å². The molecule has 1 aliphatic rings. The monoisotopic (exact) mass is 403 g/mol. The predicted molar refractivity (Wildman–Crippen MR) is 102 cm³/mol. The lowest BCUT2D eigenvalue weighted by atomic mass is 9.91. The molecule has 0 radical (unpaired) electrons. The van der Waals surface area contributed by atoms with E-state index in [1.807, 2.05) is 17.7 Å². The van der Waals surface area contributed by atoms with Crippen LogP contribution in [0.1, 0.15) is 28.5 Å². The highest BCUT2D eigenvalue weighted by Crippen LogP contribution is 2.42. The molecule has 1 fully saturated rings. The van der Waals surface area contributed by atoms with Crippen molar-refractivity contribution in [3.63, 3.8) is 0 Å². The lowest BCUT2D eigenvalue weighted by Gasteiger charge is -2.46. The number of thiazole rings is 2. The number of β-lactam (4-membered cyclic amide) rings is 1. The van der Waals surface area contributed by atoms with Gasteiger partial charge in [0.1, 0.15) is 12.1 Å². The largest absolute Gasteiger partial charge is 0.331 e. The maximum absolute atomic E-state index is 12.9. The van der Waals surface area contributed by atoms with Gasteiger partial charge in [-0.2, -0.15) is 0 Å². The average Bonchev–Trinajstić information content (AvgIpc) is 3.31. The Labute approximate surface area is 162 Å². The Balaban J connectivity index is 1.65. The molecule has 27 heavy (non-hydrogen) atoms. The van der Waals surface area contributed by atoms with E-state index in [4.69, 9.17) is 0 Å². The van der Waals surface area contributed by atoms with E-state index in [0.29, 0.717) is 13.0 Å². The van der Waals surface area contributed by atoms with Crippen LogP contribution in [0.25, 0.3) is 0 Å². The average molecular weight is 403 g/mol. The molecular formula is C17H17N5O3S2. The molecule has 10 heteroatoms. The fourth-order valence-corrected chi connectivity index (χ4v) is 4.53. The number of rotatable bonds is 5. The number of carbonyl (C=O) groups is 1. The van der Waals surface area contributed by atoms with Crippen LogP contribution in [0.2, 0.25) is 0 Å². The zero-order valence-corrected chi connectivity index (χ0v) is 16.4. The lowest BCUT2D eigenvalue weighted by molar-refractivity contribution is -0.155. The number of aromatic nitrogens is 4. The van der Waals surface area contributed by atoms with E-state index < -0.39 is 17.3 Å². The van der Waals surface area contributed by atoms with Crippen molar-refractivity contribution in [2.24, 2.45) is 7.05 Å². The van der Waals surface area contributed by atoms with Crippen LogP contribution < -0.4 is 11.2 Å². The standard InChI is InChI=1S/C17H17N5O3S2/c1-10-19-11(7-27-10)3-5-21-14(12-8-26-9-18-12)15(16(21)24)22-6-4-13(23)20(2)17(22)25/h4,6-9,14-15H,3,5H2,1-2H3/t14-,15-/m0/s1. The molecule has 3 aromatic rings. The minimum absolute atomic E-state index is 0.152. The van der Waals surface area contributed by atoms with E-state index in [2.05, 4.69) is 9.97 Å². The van der Waals surface area contributed by atoms with Crippen LogP contribution in [0.15, 0.2) is 38.1 Å². The van der Waals surface area contributed by atoms with Crippen LogP contribution in [0.5, 0.6) is 0 Å². The van der Waals surface area contributed by atoms with Crippen LogP contribution in [0, 0.1) is 6.92 Å². The van der Waals surface area contributed by atoms with Gasteiger partial charge >= 0.3 is 5.69 Å². The van der Waals surface area contributed by atoms with Gasteiger partial charge in [-0.05, 0) is 6.92 Å². The zero-order valence-electron chi connectivity index (χ0n) is 14.7. The van der Waals surface area contributed by atoms with Crippen LogP contribution in [-0.4, -0.2) is 36.5 Å². The van der Waals surface area contributed by atoms with Crippen molar-refractivity contribution in [3.05, 3.63) is 65.8 Å². The molecule has 0 aliphatic carbocycles. The summed E-state index contributed by atoms with van der Waals surface area (Å²) < 4.78 is 2.34. The molecule has 140 valence electrons. The highest BCUT2D eigenvalue weighted by Gasteiger charge is 2.50. The molecule has 2 atom stereocenters. The van der Waals surface area contributed by atoms with Gasteiger partial charge in [0, 0.05) is 43.0 Å². The number of amides is 1. The first kappa shape index (κ1) is 17.8. The van der Waals surface area contributed by atoms with Gasteiger partial charge in [-0.25, -0.2) is 14.8 Å². The molecule has 3 aromatic heterocycles. The van der Waals surface area contributed by atoms with Gasteiger partial charge in [0.15, 0.2) is 0 Å². The minimum Gasteiger partial charge on any atom is -0.329 e. The fraction of sp³-hybridized carbons (Fsp3) is 0.353. The van der Waals surface area contributed by atoms with Crippen molar-refractivity contribution in [1.29, 1.82) is 0 Å². The Bertz CT molecular complexity index is 1100. The van der Waals surface area contributed by atoms with Gasteiger partial charge in [0.05, 0.1) is 21.9 Å². The highest BCUT2D eigenvalue weighted by molar-refractivity contribution is 7.09. The van der Waals surface area contributed by atoms with E-state index in [-0.39, 0.29) is 11.9 Å². The summed E-state index contributed by atoms with van der Waals surface area (Å²) in [4.78, 5) is 47.6. The van der Waals surface area contributed by atoms with E-state index >= 15 is 0 Å². The fourth-order valence-electron chi connectivity index (χ4n) is 3.30. The summed E-state index contributed by atoms with van der Waals surface area (Å²) in [5.74, 6) is -0.152. The Morgan fingerprint density at radius 3 is 2.67 bits per heavy atom. The SMILES string of the molecule is Cc1nc(CCN2C(=O)[C@@H](n3ccc(=O)n(C)c3=O)[C@@H]2c2cscn2)cs1. The summed E-state index contributed by atoms with van der Waals surface area (Å²) in [6, 6.07) is 0.273. The maximum atomic E-state index is 12.9. The van der Waals surface area contributed by atoms with Crippen LogP contribution in [0.3, 0.4) is 0 Å². The topological polar surface area (TPSA) is 90.1 Å². The summed E-state index contributed by atoms with van der Waals surface area (Å²) in [5.41, 5.74) is 2.51. The normalized spacial score (nSPS) is 19.3. The van der Waals surface area contributed by atoms with Crippen molar-refractivity contribution < 1.29 is 4.79 Å². The van der Waals surface area contributed by atoms with Gasteiger partial charge in [-0.3, -0.25) is 18.7 Å². The summed E-state index contributed by atoms with van der Waals surface area (Å²) in [6.45, 7) is 2.45. The van der Waals surface area contributed by atoms with Crippen LogP contribution in [0.4, 0.5) is 0 Å². The number of hydrogen-bond donors (Lipinski definition) is 0. The smallest absolute Gasteiger partial charge is 0.329 e. The first-order valence-electron chi connectivity index (χ1n) is 8.35. The number of likely N-dealkylation sites (tertiary alicyclic amines) is 1. The lowest BCUT2D eigenvalue weighted by Crippen LogP contribution is -2.59. The Morgan fingerprint density at radius 2 is 2.00 bits per heavy atom. The molecule has 1 saturated heterocycles. The third-order valence-corrected chi connectivity index (χ3v) is 6.14. The first-order chi connectivity index (χ1) is 13.0. The summed E-state index contributed by atoms with van der Waals surface area (Å²) in [6.07, 6.45) is 2.04. The van der Waals surface area contributed by atoms with E-state index in [1.54, 1.807) is 21.7 Å². The number of nitrogens with zero attached hydrogens (tertiary/aromatic N) is 5. The molecule has 1 amide bonds. The van der Waals surface area contributed by atoms with E-state index in [0.717, 1.165) is 21.0 Å². The summed E-state index contributed by atoms with van der Waals surface area (Å²) >= 11 is 3.02. The van der Waals surface area contributed by atoms with Gasteiger partial charge in [-0.15, -0.1) is 22.7 Å². The number of carbonyl (C=O) groups excluding carboxylic acids is 1. The minimum atomic E-state index is -0.691. The molecule has 0 aromatic carbocycles. The zero-order chi connectivity index (χ0) is 19.1. The van der Waals surface area contributed by atoms with Crippen molar-refractivity contribution in [2.45, 2.75) is 25.4 Å². The third-order valence-electron chi connectivity index (χ3n) is 4.72. The van der Waals surface area contributed by atoms with Gasteiger partial charge in [0.2, 0.25) is 5.91 Å². The van der Waals surface area contributed by atoms with Crippen molar-refractivity contribution >= 4 is 28.6 Å². The quantitative estimate of drug-likeness (QED) is 0.596. The second kappa shape index (κ2) is 6.86. The van der Waals surface area contributed by atoms with E-state index in [9.17, 15) is 14.4 Å². The van der Waals surface area contributed by atoms with Crippen LogP contribution in [-0.2, 0) is 18.3 Å². The Hall–Kier alpha value is -2.59. The second-order valence-corrected chi connectivity index (χ2v) is 8.13. The molecular weight excluding hydrogens is 386 g/mol. The highest BCUT2D eigenvalue weighted by atomic mass is 32.1. The van der Waals surface area contributed by atoms with Crippen molar-refractivity contribution in [1.82, 2.24) is 24.0 Å². The van der Waals surface area contributed by atoms with Crippen molar-refractivity contribution in [3.8, 4) is 0 Å². The molecule has 4 rings (SSSR count). The maximum Gasteiger partial charge on any atom is 0.331 e. The van der Waals surface area contributed by atoms with Crippen molar-refractivity contribution in [2.75, 3.05) is 6.54 Å². The van der Waals surface area contributed by atoms with Gasteiger partial charge < -0.3 is 4.90 Å². The Kier molecular flexibility index (Phi) is 4.52. The molecule has 8 nitrogen and oxygen atoms in total. The predicted octanol–water partition coefficient (Wildman–Crippen LogP) is 1.14. The van der Waals surface area contributed by atoms with Crippen LogP contribution >= 0.6 is 22.7 Å². The second-order valence-electron chi connectivity index (χ2n) is 6.35. The molecule has 0 spiro atoms. The van der Waals surface area contributed by atoms with E-state index in [1.165, 1.54) is 35.2 Å².